The molecule has 111 valence electrons. The molecule has 1 aliphatic rings. The molecule has 1 aromatic heterocycles. The number of hydrogen-bond donors (Lipinski definition) is 0. The Morgan fingerprint density at radius 1 is 1.30 bits per heavy atom. The van der Waals surface area contributed by atoms with Gasteiger partial charge in [-0.1, -0.05) is 12.5 Å². The third kappa shape index (κ3) is 4.94. The first-order valence-corrected chi connectivity index (χ1v) is 7.12. The van der Waals surface area contributed by atoms with E-state index in [0.717, 1.165) is 30.2 Å². The zero-order valence-corrected chi connectivity index (χ0v) is 13.6. The fourth-order valence-electron chi connectivity index (χ4n) is 2.07. The second-order valence-corrected chi connectivity index (χ2v) is 5.20. The summed E-state index contributed by atoms with van der Waals surface area (Å²) in [4.78, 5) is 6.60. The van der Waals surface area contributed by atoms with Crippen LogP contribution in [0.4, 0.5) is 0 Å². The summed E-state index contributed by atoms with van der Waals surface area (Å²) in [5.74, 6) is 0. The van der Waals surface area contributed by atoms with Gasteiger partial charge in [0.05, 0.1) is 5.69 Å². The molecule has 6 heteroatoms. The van der Waals surface area contributed by atoms with Gasteiger partial charge in [0.1, 0.15) is 0 Å². The average molecular weight is 340 g/mol. The van der Waals surface area contributed by atoms with E-state index < -0.39 is 0 Å². The summed E-state index contributed by atoms with van der Waals surface area (Å²) in [6, 6.07) is 5.89. The van der Waals surface area contributed by atoms with E-state index >= 15 is 0 Å². The average Bonchev–Trinajstić information content (AvgIpc) is 2.45. The fourth-order valence-corrected chi connectivity index (χ4v) is 2.32. The zero-order chi connectivity index (χ0) is 13.7. The molecule has 1 aromatic rings. The largest absolute Gasteiger partial charge is 2.00 e. The maximum Gasteiger partial charge on any atom is 2.00 e. The van der Waals surface area contributed by atoms with Crippen LogP contribution in [0.25, 0.3) is 5.43 Å². The summed E-state index contributed by atoms with van der Waals surface area (Å²) >= 11 is 4.43. The summed E-state index contributed by atoms with van der Waals surface area (Å²) in [7, 11) is 0. The van der Waals surface area contributed by atoms with E-state index in [9.17, 15) is 0 Å². The molecule has 1 fully saturated rings. The van der Waals surface area contributed by atoms with E-state index in [0.29, 0.717) is 5.11 Å². The normalized spacial score (nSPS) is 16.4. The molecule has 1 radical (unpaired) electrons. The molecule has 0 atom stereocenters. The maximum absolute atomic E-state index is 4.43. The van der Waals surface area contributed by atoms with Gasteiger partial charge in [-0.3, -0.25) is 4.98 Å². The molecule has 0 aliphatic carbocycles. The summed E-state index contributed by atoms with van der Waals surface area (Å²) < 4.78 is 0. The first kappa shape index (κ1) is 17.2. The predicted molar refractivity (Wildman–Crippen MR) is 83.7 cm³/mol. The van der Waals surface area contributed by atoms with Crippen molar-refractivity contribution in [3.63, 3.8) is 0 Å². The Morgan fingerprint density at radius 2 is 2.00 bits per heavy atom. The monoisotopic (exact) mass is 339 g/mol. The van der Waals surface area contributed by atoms with E-state index in [1.807, 2.05) is 32.0 Å². The van der Waals surface area contributed by atoms with Gasteiger partial charge >= 0.3 is 17.1 Å². The molecule has 1 aliphatic heterocycles. The van der Waals surface area contributed by atoms with Gasteiger partial charge in [0, 0.05) is 24.5 Å². The number of pyridine rings is 1. The van der Waals surface area contributed by atoms with Gasteiger partial charge in [0.2, 0.25) is 0 Å². The number of nitrogens with zero attached hydrogens (tertiary/aromatic N) is 4. The van der Waals surface area contributed by atoms with Crippen molar-refractivity contribution < 1.29 is 17.1 Å². The predicted octanol–water partition coefficient (Wildman–Crippen LogP) is 2.34. The molecule has 0 unspecified atom stereocenters. The Morgan fingerprint density at radius 3 is 2.65 bits per heavy atom. The molecular weight excluding hydrogens is 320 g/mol. The van der Waals surface area contributed by atoms with Crippen LogP contribution in [0.3, 0.4) is 0 Å². The number of rotatable bonds is 2. The van der Waals surface area contributed by atoms with Crippen molar-refractivity contribution in [3.05, 3.63) is 35.0 Å². The Hall–Kier alpha value is -0.811. The molecule has 1 saturated heterocycles. The number of hydrogen-bond acceptors (Lipinski definition) is 2. The molecule has 4 nitrogen and oxygen atoms in total. The van der Waals surface area contributed by atoms with Crippen LogP contribution in [-0.2, 0) is 29.3 Å². The molecule has 0 N–H and O–H groups in total. The topological polar surface area (TPSA) is 42.6 Å². The summed E-state index contributed by atoms with van der Waals surface area (Å²) in [6.45, 7) is 5.94. The maximum atomic E-state index is 4.43. The zero-order valence-electron chi connectivity index (χ0n) is 11.8. The summed E-state index contributed by atoms with van der Waals surface area (Å²) in [5, 5.41) is 4.94. The van der Waals surface area contributed by atoms with Gasteiger partial charge in [0.25, 0.3) is 0 Å². The molecule has 0 bridgehead atoms. The molecule has 0 spiro atoms. The van der Waals surface area contributed by atoms with E-state index in [1.165, 1.54) is 19.3 Å². The van der Waals surface area contributed by atoms with Gasteiger partial charge in [0.15, 0.2) is 17.3 Å². The number of piperidine rings is 1. The van der Waals surface area contributed by atoms with E-state index in [2.05, 4.69) is 32.6 Å². The standard InChI is InChI=1S/C14H20N4S.Cu/c1-11-7-6-8-13(15-11)12(2)16-17-14(19)18-9-4-3-5-10-18;/h6-8H,3-5,9-10H2,1-2H3,(H,15,17,19);/q;+2. The molecular formula is C14H20CuN4S+2. The first-order chi connectivity index (χ1) is 9.16. The van der Waals surface area contributed by atoms with E-state index in [4.69, 9.17) is 0 Å². The van der Waals surface area contributed by atoms with Crippen LogP contribution in [0.2, 0.25) is 0 Å². The molecule has 2 rings (SSSR count). The van der Waals surface area contributed by atoms with Crippen LogP contribution < -0.4 is 0 Å². The van der Waals surface area contributed by atoms with Gasteiger partial charge in [-0.2, -0.15) is 0 Å². The molecule has 20 heavy (non-hydrogen) atoms. The van der Waals surface area contributed by atoms with Crippen molar-refractivity contribution in [2.75, 3.05) is 13.1 Å². The van der Waals surface area contributed by atoms with Crippen LogP contribution in [0.5, 0.6) is 0 Å². The Labute approximate surface area is 136 Å². The third-order valence-corrected chi connectivity index (χ3v) is 3.56. The van der Waals surface area contributed by atoms with Gasteiger partial charge < -0.3 is 10.5 Å². The van der Waals surface area contributed by atoms with E-state index in [1.54, 1.807) is 0 Å². The van der Waals surface area contributed by atoms with Crippen LogP contribution in [0.15, 0.2) is 23.3 Å². The number of likely N-dealkylation sites (tertiary alicyclic amines) is 1. The van der Waals surface area contributed by atoms with E-state index in [-0.39, 0.29) is 17.1 Å². The number of thiol groups is 1. The SMILES string of the molecule is CC(=N[N-]C(=[SH+])N1CCCCC1)c1cccc(C)n1.[Cu+2]. The van der Waals surface area contributed by atoms with Crippen LogP contribution >= 0.6 is 0 Å². The second-order valence-electron chi connectivity index (χ2n) is 4.80. The van der Waals surface area contributed by atoms with Crippen LogP contribution in [0, 0.1) is 6.92 Å². The summed E-state index contributed by atoms with van der Waals surface area (Å²) in [5.41, 5.74) is 6.87. The quantitative estimate of drug-likeness (QED) is 0.207. The van der Waals surface area contributed by atoms with Gasteiger partial charge in [-0.15, -0.1) is 0 Å². The minimum Gasteiger partial charge on any atom is -0.515 e. The first-order valence-electron chi connectivity index (χ1n) is 6.67. The fraction of sp³-hybridized carbons (Fsp3) is 0.500. The molecule has 0 aromatic carbocycles. The molecule has 2 heterocycles. The van der Waals surface area contributed by atoms with Crippen molar-refractivity contribution in [3.8, 4) is 0 Å². The summed E-state index contributed by atoms with van der Waals surface area (Å²) in [6.07, 6.45) is 3.72. The van der Waals surface area contributed by atoms with Crippen molar-refractivity contribution >= 4 is 23.0 Å². The number of aromatic nitrogens is 1. The van der Waals surface area contributed by atoms with Crippen molar-refractivity contribution in [1.29, 1.82) is 0 Å². The Balaban J connectivity index is 0.00000200. The van der Waals surface area contributed by atoms with Gasteiger partial charge in [-0.25, -0.2) is 4.90 Å². The second kappa shape index (κ2) is 8.47. The van der Waals surface area contributed by atoms with Crippen molar-refractivity contribution in [1.82, 2.24) is 9.88 Å². The van der Waals surface area contributed by atoms with Crippen LogP contribution in [-0.4, -0.2) is 33.8 Å². The molecule has 0 saturated carbocycles. The third-order valence-electron chi connectivity index (χ3n) is 3.19. The van der Waals surface area contributed by atoms with Crippen molar-refractivity contribution in [2.24, 2.45) is 5.10 Å². The smallest absolute Gasteiger partial charge is 0.515 e. The Kier molecular flexibility index (Phi) is 7.30. The van der Waals surface area contributed by atoms with Gasteiger partial charge in [-0.05, 0) is 38.8 Å². The van der Waals surface area contributed by atoms with Crippen LogP contribution in [0.1, 0.15) is 37.6 Å². The minimum atomic E-state index is 0. The number of aryl methyl sites for hydroxylation is 1. The Bertz CT molecular complexity index is 484. The van der Waals surface area contributed by atoms with Crippen molar-refractivity contribution in [2.45, 2.75) is 33.1 Å². The molecule has 0 amide bonds. The minimum absolute atomic E-state index is 0.